The molecule has 18 heavy (non-hydrogen) atoms. The highest BCUT2D eigenvalue weighted by atomic mass is 79.9. The molecule has 0 aliphatic carbocycles. The number of piperidine rings is 1. The molecule has 1 atom stereocenters. The smallest absolute Gasteiger partial charge is 0.161 e. The SMILES string of the molecule is N#Cc1ccc(NCC2CCCCN2)c(F)c1Br. The van der Waals surface area contributed by atoms with Crippen molar-refractivity contribution in [1.29, 1.82) is 5.26 Å². The Morgan fingerprint density at radius 3 is 3.00 bits per heavy atom. The first-order valence-corrected chi connectivity index (χ1v) is 6.87. The Morgan fingerprint density at radius 2 is 2.33 bits per heavy atom. The van der Waals surface area contributed by atoms with E-state index in [-0.39, 0.29) is 4.47 Å². The van der Waals surface area contributed by atoms with Crippen molar-refractivity contribution in [2.24, 2.45) is 0 Å². The van der Waals surface area contributed by atoms with Gasteiger partial charge in [0.05, 0.1) is 15.7 Å². The van der Waals surface area contributed by atoms with E-state index in [1.54, 1.807) is 12.1 Å². The van der Waals surface area contributed by atoms with Gasteiger partial charge in [-0.1, -0.05) is 6.42 Å². The van der Waals surface area contributed by atoms with E-state index >= 15 is 0 Å². The van der Waals surface area contributed by atoms with E-state index in [0.29, 0.717) is 23.8 Å². The summed E-state index contributed by atoms with van der Waals surface area (Å²) in [5, 5.41) is 15.3. The number of rotatable bonds is 3. The van der Waals surface area contributed by atoms with Crippen LogP contribution in [0.2, 0.25) is 0 Å². The average Bonchev–Trinajstić information content (AvgIpc) is 2.42. The minimum Gasteiger partial charge on any atom is -0.381 e. The van der Waals surface area contributed by atoms with Gasteiger partial charge < -0.3 is 10.6 Å². The van der Waals surface area contributed by atoms with Crippen molar-refractivity contribution < 1.29 is 4.39 Å². The van der Waals surface area contributed by atoms with Crippen LogP contribution in [0.15, 0.2) is 16.6 Å². The molecule has 0 bridgehead atoms. The van der Waals surface area contributed by atoms with Crippen molar-refractivity contribution in [3.63, 3.8) is 0 Å². The van der Waals surface area contributed by atoms with Crippen molar-refractivity contribution in [2.45, 2.75) is 25.3 Å². The van der Waals surface area contributed by atoms with Gasteiger partial charge in [-0.2, -0.15) is 5.26 Å². The molecule has 0 radical (unpaired) electrons. The van der Waals surface area contributed by atoms with Crippen molar-refractivity contribution in [3.8, 4) is 6.07 Å². The molecule has 96 valence electrons. The lowest BCUT2D eigenvalue weighted by Gasteiger charge is -2.24. The Kier molecular flexibility index (Phi) is 4.56. The maximum atomic E-state index is 13.9. The van der Waals surface area contributed by atoms with Gasteiger partial charge in [0.15, 0.2) is 5.82 Å². The summed E-state index contributed by atoms with van der Waals surface area (Å²) in [4.78, 5) is 0. The van der Waals surface area contributed by atoms with E-state index in [4.69, 9.17) is 5.26 Å². The third-order valence-corrected chi connectivity index (χ3v) is 3.93. The van der Waals surface area contributed by atoms with E-state index in [2.05, 4.69) is 26.6 Å². The van der Waals surface area contributed by atoms with Crippen LogP contribution in [0, 0.1) is 17.1 Å². The molecule has 0 aromatic heterocycles. The van der Waals surface area contributed by atoms with Crippen LogP contribution in [0.3, 0.4) is 0 Å². The van der Waals surface area contributed by atoms with Crippen LogP contribution in [-0.4, -0.2) is 19.1 Å². The summed E-state index contributed by atoms with van der Waals surface area (Å²) in [6, 6.07) is 5.57. The van der Waals surface area contributed by atoms with Crippen LogP contribution in [0.25, 0.3) is 0 Å². The van der Waals surface area contributed by atoms with Crippen LogP contribution in [0.5, 0.6) is 0 Å². The van der Waals surface area contributed by atoms with Gasteiger partial charge in [0.25, 0.3) is 0 Å². The highest BCUT2D eigenvalue weighted by Crippen LogP contribution is 2.26. The fraction of sp³-hybridized carbons (Fsp3) is 0.462. The largest absolute Gasteiger partial charge is 0.381 e. The minimum absolute atomic E-state index is 0.228. The standard InChI is InChI=1S/C13H15BrFN3/c14-12-9(7-16)4-5-11(13(12)15)18-8-10-3-1-2-6-17-10/h4-5,10,17-18H,1-3,6,8H2. The highest BCUT2D eigenvalue weighted by molar-refractivity contribution is 9.10. The molecular weight excluding hydrogens is 297 g/mol. The number of nitrogens with one attached hydrogen (secondary N) is 2. The minimum atomic E-state index is -0.398. The zero-order chi connectivity index (χ0) is 13.0. The third-order valence-electron chi connectivity index (χ3n) is 3.15. The van der Waals surface area contributed by atoms with Crippen LogP contribution >= 0.6 is 15.9 Å². The Hall–Kier alpha value is -1.12. The zero-order valence-corrected chi connectivity index (χ0v) is 11.6. The second kappa shape index (κ2) is 6.17. The molecule has 2 rings (SSSR count). The van der Waals surface area contributed by atoms with Crippen LogP contribution in [-0.2, 0) is 0 Å². The lowest BCUT2D eigenvalue weighted by atomic mass is 10.1. The average molecular weight is 312 g/mol. The molecule has 0 amide bonds. The first kappa shape index (κ1) is 13.3. The number of nitriles is 1. The molecule has 1 aliphatic rings. The van der Waals surface area contributed by atoms with Gasteiger partial charge in [-0.05, 0) is 47.4 Å². The van der Waals surface area contributed by atoms with E-state index < -0.39 is 5.82 Å². The Balaban J connectivity index is 2.01. The first-order chi connectivity index (χ1) is 8.72. The number of anilines is 1. The van der Waals surface area contributed by atoms with E-state index in [9.17, 15) is 4.39 Å². The lowest BCUT2D eigenvalue weighted by Crippen LogP contribution is -2.39. The monoisotopic (exact) mass is 311 g/mol. The summed E-state index contributed by atoms with van der Waals surface area (Å²) in [7, 11) is 0. The fourth-order valence-corrected chi connectivity index (χ4v) is 2.54. The number of halogens is 2. The summed E-state index contributed by atoms with van der Waals surface area (Å²) in [6.45, 7) is 1.74. The zero-order valence-electron chi connectivity index (χ0n) is 9.97. The maximum absolute atomic E-state index is 13.9. The van der Waals surface area contributed by atoms with Crippen molar-refractivity contribution in [3.05, 3.63) is 28.0 Å². The van der Waals surface area contributed by atoms with Crippen molar-refractivity contribution in [2.75, 3.05) is 18.4 Å². The molecule has 1 aromatic carbocycles. The van der Waals surface area contributed by atoms with Crippen LogP contribution in [0.1, 0.15) is 24.8 Å². The van der Waals surface area contributed by atoms with Gasteiger partial charge in [-0.15, -0.1) is 0 Å². The lowest BCUT2D eigenvalue weighted by molar-refractivity contribution is 0.414. The predicted octanol–water partition coefficient (Wildman–Crippen LogP) is 3.01. The molecule has 1 saturated heterocycles. The van der Waals surface area contributed by atoms with Gasteiger partial charge in [-0.25, -0.2) is 4.39 Å². The second-order valence-electron chi connectivity index (χ2n) is 4.43. The molecule has 1 aromatic rings. The van der Waals surface area contributed by atoms with Gasteiger partial charge >= 0.3 is 0 Å². The number of nitrogens with zero attached hydrogens (tertiary/aromatic N) is 1. The number of benzene rings is 1. The van der Waals surface area contributed by atoms with Gasteiger partial charge in [0.1, 0.15) is 6.07 Å². The Labute approximate surface area is 115 Å². The first-order valence-electron chi connectivity index (χ1n) is 6.07. The Bertz CT molecular complexity index is 464. The van der Waals surface area contributed by atoms with Crippen molar-refractivity contribution in [1.82, 2.24) is 5.32 Å². The van der Waals surface area contributed by atoms with Gasteiger partial charge in [0.2, 0.25) is 0 Å². The highest BCUT2D eigenvalue weighted by Gasteiger charge is 2.14. The molecule has 5 heteroatoms. The molecule has 1 fully saturated rings. The molecule has 3 nitrogen and oxygen atoms in total. The summed E-state index contributed by atoms with van der Waals surface area (Å²) in [5.74, 6) is -0.398. The fourth-order valence-electron chi connectivity index (χ4n) is 2.10. The molecule has 0 spiro atoms. The molecule has 1 unspecified atom stereocenters. The molecule has 2 N–H and O–H groups in total. The second-order valence-corrected chi connectivity index (χ2v) is 5.22. The maximum Gasteiger partial charge on any atom is 0.161 e. The summed E-state index contributed by atoms with van der Waals surface area (Å²) in [5.41, 5.74) is 0.752. The summed E-state index contributed by atoms with van der Waals surface area (Å²) in [6.07, 6.45) is 3.55. The van der Waals surface area contributed by atoms with Crippen molar-refractivity contribution >= 4 is 21.6 Å². The molecule has 1 heterocycles. The third kappa shape index (κ3) is 3.01. The molecular formula is C13H15BrFN3. The normalized spacial score (nSPS) is 19.3. The van der Waals surface area contributed by atoms with Gasteiger partial charge in [-0.3, -0.25) is 0 Å². The summed E-state index contributed by atoms with van der Waals surface area (Å²) >= 11 is 3.10. The van der Waals surface area contributed by atoms with Crippen LogP contribution in [0.4, 0.5) is 10.1 Å². The van der Waals surface area contributed by atoms with E-state index in [1.807, 2.05) is 6.07 Å². The molecule has 1 aliphatic heterocycles. The van der Waals surface area contributed by atoms with E-state index in [1.165, 1.54) is 12.8 Å². The quantitative estimate of drug-likeness (QED) is 0.902. The number of hydrogen-bond donors (Lipinski definition) is 2. The predicted molar refractivity (Wildman–Crippen MR) is 72.9 cm³/mol. The Morgan fingerprint density at radius 1 is 1.50 bits per heavy atom. The van der Waals surface area contributed by atoms with Crippen LogP contribution < -0.4 is 10.6 Å². The number of hydrogen-bond acceptors (Lipinski definition) is 3. The molecule has 0 saturated carbocycles. The van der Waals surface area contributed by atoms with Gasteiger partial charge in [0, 0.05) is 12.6 Å². The van der Waals surface area contributed by atoms with E-state index in [0.717, 1.165) is 13.0 Å². The topological polar surface area (TPSA) is 47.9 Å². The summed E-state index contributed by atoms with van der Waals surface area (Å²) < 4.78 is 14.2.